The van der Waals surface area contributed by atoms with Gasteiger partial charge in [-0.3, -0.25) is 4.79 Å². The summed E-state index contributed by atoms with van der Waals surface area (Å²) in [6, 6.07) is 1.92. The fourth-order valence-electron chi connectivity index (χ4n) is 1.94. The van der Waals surface area contributed by atoms with Gasteiger partial charge in [-0.2, -0.15) is 4.98 Å². The van der Waals surface area contributed by atoms with E-state index in [0.717, 1.165) is 17.1 Å². The number of carbonyl (C=O) groups is 1. The van der Waals surface area contributed by atoms with Gasteiger partial charge in [-0.1, -0.05) is 4.49 Å². The second-order valence-corrected chi connectivity index (χ2v) is 5.24. The number of carbonyl (C=O) groups excluding carboxylic acids is 1. The predicted octanol–water partition coefficient (Wildman–Crippen LogP) is 0.452. The minimum atomic E-state index is -0.159. The Labute approximate surface area is 124 Å². The Morgan fingerprint density at radius 1 is 1.38 bits per heavy atom. The number of hydrogen-bond donors (Lipinski definition) is 1. The normalized spacial score (nSPS) is 11.0. The number of aryl methyl sites for hydroxylation is 2. The SMILES string of the molecule is Cc1cc(C)n2nc(CC(=O)NCc3csnn3)nc2n1. The van der Waals surface area contributed by atoms with Crippen LogP contribution in [0.15, 0.2) is 11.4 Å². The summed E-state index contributed by atoms with van der Waals surface area (Å²) >= 11 is 1.25. The number of nitrogens with one attached hydrogen (secondary N) is 1. The van der Waals surface area contributed by atoms with E-state index >= 15 is 0 Å². The molecule has 9 heteroatoms. The molecular formula is C12H13N7OS. The average Bonchev–Trinajstić information content (AvgIpc) is 3.05. The Morgan fingerprint density at radius 2 is 2.24 bits per heavy atom. The number of amides is 1. The van der Waals surface area contributed by atoms with Crippen LogP contribution < -0.4 is 5.32 Å². The van der Waals surface area contributed by atoms with Crippen LogP contribution in [0.1, 0.15) is 22.9 Å². The van der Waals surface area contributed by atoms with Gasteiger partial charge in [0.2, 0.25) is 5.91 Å². The Balaban J connectivity index is 1.69. The fourth-order valence-corrected chi connectivity index (χ4v) is 2.39. The Morgan fingerprint density at radius 3 is 3.00 bits per heavy atom. The summed E-state index contributed by atoms with van der Waals surface area (Å²) in [4.78, 5) is 20.4. The third kappa shape index (κ3) is 3.02. The van der Waals surface area contributed by atoms with Crippen LogP contribution in [0.2, 0.25) is 0 Å². The van der Waals surface area contributed by atoms with Crippen LogP contribution in [0.25, 0.3) is 5.78 Å². The third-order valence-electron chi connectivity index (χ3n) is 2.85. The molecule has 0 aliphatic carbocycles. The Hall–Kier alpha value is -2.42. The summed E-state index contributed by atoms with van der Waals surface area (Å²) in [5.41, 5.74) is 2.55. The van der Waals surface area contributed by atoms with Crippen molar-refractivity contribution in [2.75, 3.05) is 0 Å². The molecule has 3 aromatic heterocycles. The van der Waals surface area contributed by atoms with Crippen molar-refractivity contribution < 1.29 is 4.79 Å². The maximum absolute atomic E-state index is 11.9. The minimum absolute atomic E-state index is 0.111. The molecule has 0 unspecified atom stereocenters. The standard InChI is InChI=1S/C12H13N7OS/c1-7-3-8(2)19-12(14-7)15-10(17-19)4-11(20)13-5-9-6-21-18-16-9/h3,6H,4-5H2,1-2H3,(H,13,20). The van der Waals surface area contributed by atoms with Crippen LogP contribution in [0, 0.1) is 13.8 Å². The first kappa shape index (κ1) is 13.6. The van der Waals surface area contributed by atoms with Crippen molar-refractivity contribution in [3.05, 3.63) is 34.4 Å². The van der Waals surface area contributed by atoms with Gasteiger partial charge in [0, 0.05) is 16.8 Å². The van der Waals surface area contributed by atoms with Crippen molar-refractivity contribution >= 4 is 23.2 Å². The molecule has 0 atom stereocenters. The molecule has 0 bridgehead atoms. The van der Waals surface area contributed by atoms with Gasteiger partial charge in [-0.15, -0.1) is 10.2 Å². The molecule has 108 valence electrons. The predicted molar refractivity (Wildman–Crippen MR) is 75.7 cm³/mol. The van der Waals surface area contributed by atoms with Gasteiger partial charge in [0.25, 0.3) is 5.78 Å². The molecule has 0 saturated heterocycles. The largest absolute Gasteiger partial charge is 0.350 e. The van der Waals surface area contributed by atoms with Gasteiger partial charge in [0.15, 0.2) is 5.82 Å². The van der Waals surface area contributed by atoms with Crippen LogP contribution in [-0.4, -0.2) is 35.1 Å². The molecule has 0 aliphatic rings. The molecule has 0 saturated carbocycles. The highest BCUT2D eigenvalue weighted by atomic mass is 32.1. The third-order valence-corrected chi connectivity index (χ3v) is 3.41. The maximum atomic E-state index is 11.9. The van der Waals surface area contributed by atoms with E-state index in [0.29, 0.717) is 18.1 Å². The summed E-state index contributed by atoms with van der Waals surface area (Å²) in [7, 11) is 0. The zero-order chi connectivity index (χ0) is 14.8. The van der Waals surface area contributed by atoms with Crippen LogP contribution in [0.3, 0.4) is 0 Å². The van der Waals surface area contributed by atoms with E-state index in [1.807, 2.05) is 19.9 Å². The lowest BCUT2D eigenvalue weighted by Crippen LogP contribution is -2.25. The van der Waals surface area contributed by atoms with Gasteiger partial charge in [-0.05, 0) is 31.4 Å². The molecule has 1 N–H and O–H groups in total. The van der Waals surface area contributed by atoms with E-state index in [2.05, 4.69) is 30.0 Å². The first-order valence-corrected chi connectivity index (χ1v) is 7.18. The van der Waals surface area contributed by atoms with Crippen molar-refractivity contribution in [3.63, 3.8) is 0 Å². The monoisotopic (exact) mass is 303 g/mol. The number of aromatic nitrogens is 6. The second-order valence-electron chi connectivity index (χ2n) is 4.63. The van der Waals surface area contributed by atoms with Crippen molar-refractivity contribution in [1.29, 1.82) is 0 Å². The zero-order valence-corrected chi connectivity index (χ0v) is 12.4. The minimum Gasteiger partial charge on any atom is -0.350 e. The zero-order valence-electron chi connectivity index (χ0n) is 11.6. The molecule has 3 heterocycles. The van der Waals surface area contributed by atoms with Gasteiger partial charge >= 0.3 is 0 Å². The van der Waals surface area contributed by atoms with E-state index in [1.54, 1.807) is 9.90 Å². The lowest BCUT2D eigenvalue weighted by molar-refractivity contribution is -0.120. The quantitative estimate of drug-likeness (QED) is 0.751. The first-order valence-electron chi connectivity index (χ1n) is 6.34. The van der Waals surface area contributed by atoms with Crippen molar-refractivity contribution in [2.24, 2.45) is 0 Å². The number of nitrogens with zero attached hydrogens (tertiary/aromatic N) is 6. The van der Waals surface area contributed by atoms with Crippen molar-refractivity contribution in [3.8, 4) is 0 Å². The van der Waals surface area contributed by atoms with Crippen molar-refractivity contribution in [1.82, 2.24) is 34.5 Å². The highest BCUT2D eigenvalue weighted by molar-refractivity contribution is 7.03. The number of hydrogen-bond acceptors (Lipinski definition) is 7. The van der Waals surface area contributed by atoms with E-state index in [1.165, 1.54) is 11.5 Å². The smallest absolute Gasteiger partial charge is 0.252 e. The molecule has 8 nitrogen and oxygen atoms in total. The second kappa shape index (κ2) is 5.52. The van der Waals surface area contributed by atoms with Crippen LogP contribution in [0.5, 0.6) is 0 Å². The van der Waals surface area contributed by atoms with Crippen LogP contribution >= 0.6 is 11.5 Å². The Bertz CT molecular complexity index is 780. The fraction of sp³-hybridized carbons (Fsp3) is 0.333. The highest BCUT2D eigenvalue weighted by Crippen LogP contribution is 2.05. The molecular weight excluding hydrogens is 290 g/mol. The molecule has 0 aliphatic heterocycles. The number of fused-ring (bicyclic) bond motifs is 1. The summed E-state index contributed by atoms with van der Waals surface area (Å²) in [6.07, 6.45) is 0.111. The summed E-state index contributed by atoms with van der Waals surface area (Å²) < 4.78 is 5.37. The average molecular weight is 303 g/mol. The molecule has 1 amide bonds. The molecule has 0 spiro atoms. The van der Waals surface area contributed by atoms with Crippen molar-refractivity contribution in [2.45, 2.75) is 26.8 Å². The van der Waals surface area contributed by atoms with E-state index in [4.69, 9.17) is 0 Å². The first-order chi connectivity index (χ1) is 10.1. The molecule has 0 fully saturated rings. The van der Waals surface area contributed by atoms with E-state index in [9.17, 15) is 4.79 Å². The summed E-state index contributed by atoms with van der Waals surface area (Å²) in [6.45, 7) is 4.19. The lowest BCUT2D eigenvalue weighted by atomic mass is 10.3. The van der Waals surface area contributed by atoms with Crippen LogP contribution in [-0.2, 0) is 17.8 Å². The molecule has 3 aromatic rings. The topological polar surface area (TPSA) is 98.0 Å². The molecule has 0 aromatic carbocycles. The van der Waals surface area contributed by atoms with Gasteiger partial charge < -0.3 is 5.32 Å². The van der Waals surface area contributed by atoms with E-state index in [-0.39, 0.29) is 12.3 Å². The van der Waals surface area contributed by atoms with Crippen LogP contribution in [0.4, 0.5) is 0 Å². The molecule has 21 heavy (non-hydrogen) atoms. The summed E-state index contributed by atoms with van der Waals surface area (Å²) in [5.74, 6) is 0.803. The van der Waals surface area contributed by atoms with Gasteiger partial charge in [0.1, 0.15) is 0 Å². The lowest BCUT2D eigenvalue weighted by Gasteiger charge is -1.99. The Kier molecular flexibility index (Phi) is 3.57. The maximum Gasteiger partial charge on any atom is 0.252 e. The summed E-state index contributed by atoms with van der Waals surface area (Å²) in [5, 5.41) is 12.7. The molecule has 3 rings (SSSR count). The number of rotatable bonds is 4. The van der Waals surface area contributed by atoms with E-state index < -0.39 is 0 Å². The van der Waals surface area contributed by atoms with Gasteiger partial charge in [0.05, 0.1) is 18.7 Å². The highest BCUT2D eigenvalue weighted by Gasteiger charge is 2.11. The van der Waals surface area contributed by atoms with Gasteiger partial charge in [-0.25, -0.2) is 9.50 Å². The molecule has 0 radical (unpaired) electrons.